The second kappa shape index (κ2) is 7.34. The summed E-state index contributed by atoms with van der Waals surface area (Å²) in [7, 11) is 2.21. The molecule has 80 valence electrons. The fraction of sp³-hybridized carbons (Fsp3) is 1.00. The van der Waals surface area contributed by atoms with Crippen LogP contribution in [0.15, 0.2) is 0 Å². The van der Waals surface area contributed by atoms with Crippen molar-refractivity contribution in [2.75, 3.05) is 20.1 Å². The first-order valence-electron chi connectivity index (χ1n) is 5.48. The van der Waals surface area contributed by atoms with Gasteiger partial charge in [0.25, 0.3) is 0 Å². The standard InChI is InChI=1S/C11H26N2/c1-10(2)7-9-13(4)11(3)6-5-8-12/h10-11H,5-9,12H2,1-4H3. The fourth-order valence-corrected chi connectivity index (χ4v) is 1.32. The van der Waals surface area contributed by atoms with Gasteiger partial charge < -0.3 is 10.6 Å². The van der Waals surface area contributed by atoms with Gasteiger partial charge in [0.05, 0.1) is 0 Å². The van der Waals surface area contributed by atoms with Gasteiger partial charge >= 0.3 is 0 Å². The molecule has 0 aliphatic rings. The lowest BCUT2D eigenvalue weighted by molar-refractivity contribution is 0.231. The van der Waals surface area contributed by atoms with Crippen molar-refractivity contribution < 1.29 is 0 Å². The third-order valence-electron chi connectivity index (χ3n) is 2.64. The summed E-state index contributed by atoms with van der Waals surface area (Å²) in [4.78, 5) is 2.44. The number of nitrogens with two attached hydrogens (primary N) is 1. The Morgan fingerprint density at radius 2 is 1.77 bits per heavy atom. The maximum atomic E-state index is 5.48. The number of hydrogen-bond acceptors (Lipinski definition) is 2. The predicted octanol–water partition coefficient (Wildman–Crippen LogP) is 2.09. The van der Waals surface area contributed by atoms with Gasteiger partial charge in [0.15, 0.2) is 0 Å². The van der Waals surface area contributed by atoms with E-state index >= 15 is 0 Å². The highest BCUT2D eigenvalue weighted by molar-refractivity contribution is 4.64. The Balaban J connectivity index is 3.50. The molecular weight excluding hydrogens is 160 g/mol. The van der Waals surface area contributed by atoms with E-state index in [1.807, 2.05) is 0 Å². The molecule has 0 heterocycles. The minimum atomic E-state index is 0.683. The minimum absolute atomic E-state index is 0.683. The summed E-state index contributed by atoms with van der Waals surface area (Å²) in [5.41, 5.74) is 5.48. The van der Waals surface area contributed by atoms with E-state index in [4.69, 9.17) is 5.73 Å². The molecule has 0 amide bonds. The number of hydrogen-bond donors (Lipinski definition) is 1. The summed E-state index contributed by atoms with van der Waals surface area (Å²) in [5.74, 6) is 0.809. The van der Waals surface area contributed by atoms with Gasteiger partial charge in [-0.3, -0.25) is 0 Å². The molecule has 2 N–H and O–H groups in total. The quantitative estimate of drug-likeness (QED) is 0.659. The van der Waals surface area contributed by atoms with Gasteiger partial charge in [-0.2, -0.15) is 0 Å². The van der Waals surface area contributed by atoms with Gasteiger partial charge in [-0.05, 0) is 52.2 Å². The fourth-order valence-electron chi connectivity index (χ4n) is 1.32. The average Bonchev–Trinajstić information content (AvgIpc) is 2.10. The maximum absolute atomic E-state index is 5.48. The van der Waals surface area contributed by atoms with Gasteiger partial charge in [-0.1, -0.05) is 13.8 Å². The van der Waals surface area contributed by atoms with Crippen LogP contribution in [-0.4, -0.2) is 31.1 Å². The topological polar surface area (TPSA) is 29.3 Å². The minimum Gasteiger partial charge on any atom is -0.330 e. The van der Waals surface area contributed by atoms with Gasteiger partial charge in [0, 0.05) is 6.04 Å². The van der Waals surface area contributed by atoms with Crippen molar-refractivity contribution in [3.63, 3.8) is 0 Å². The Hall–Kier alpha value is -0.0800. The molecule has 0 bridgehead atoms. The highest BCUT2D eigenvalue weighted by Crippen LogP contribution is 2.07. The summed E-state index contributed by atoms with van der Waals surface area (Å²) in [6.45, 7) is 8.87. The molecule has 0 saturated heterocycles. The normalized spacial score (nSPS) is 14.1. The van der Waals surface area contributed by atoms with Crippen molar-refractivity contribution in [1.29, 1.82) is 0 Å². The monoisotopic (exact) mass is 186 g/mol. The molecule has 0 saturated carbocycles. The van der Waals surface area contributed by atoms with E-state index in [0.717, 1.165) is 18.9 Å². The highest BCUT2D eigenvalue weighted by Gasteiger charge is 2.08. The Kier molecular flexibility index (Phi) is 7.29. The molecule has 0 aromatic rings. The molecule has 0 fully saturated rings. The second-order valence-electron chi connectivity index (χ2n) is 4.44. The SMILES string of the molecule is CC(C)CCN(C)C(C)CCCN. The smallest absolute Gasteiger partial charge is 0.00643 e. The Morgan fingerprint density at radius 3 is 2.23 bits per heavy atom. The summed E-state index contributed by atoms with van der Waals surface area (Å²) in [6.07, 6.45) is 3.67. The van der Waals surface area contributed by atoms with Gasteiger partial charge in [0.1, 0.15) is 0 Å². The van der Waals surface area contributed by atoms with E-state index in [1.54, 1.807) is 0 Å². The lowest BCUT2D eigenvalue weighted by atomic mass is 10.1. The molecule has 0 radical (unpaired) electrons. The van der Waals surface area contributed by atoms with E-state index in [9.17, 15) is 0 Å². The first-order chi connectivity index (χ1) is 6.07. The number of nitrogens with zero attached hydrogens (tertiary/aromatic N) is 1. The third kappa shape index (κ3) is 7.03. The van der Waals surface area contributed by atoms with Gasteiger partial charge in [-0.25, -0.2) is 0 Å². The highest BCUT2D eigenvalue weighted by atomic mass is 15.1. The molecular formula is C11H26N2. The van der Waals surface area contributed by atoms with Crippen LogP contribution in [0.3, 0.4) is 0 Å². The number of rotatable bonds is 7. The molecule has 0 aliphatic carbocycles. The van der Waals surface area contributed by atoms with Crippen LogP contribution in [0.25, 0.3) is 0 Å². The van der Waals surface area contributed by atoms with E-state index in [-0.39, 0.29) is 0 Å². The second-order valence-corrected chi connectivity index (χ2v) is 4.44. The molecule has 0 spiro atoms. The zero-order valence-electron chi connectivity index (χ0n) is 9.71. The van der Waals surface area contributed by atoms with E-state index in [0.29, 0.717) is 6.04 Å². The average molecular weight is 186 g/mol. The van der Waals surface area contributed by atoms with Gasteiger partial charge in [0.2, 0.25) is 0 Å². The van der Waals surface area contributed by atoms with Crippen LogP contribution in [-0.2, 0) is 0 Å². The van der Waals surface area contributed by atoms with Crippen LogP contribution < -0.4 is 5.73 Å². The van der Waals surface area contributed by atoms with Crippen molar-refractivity contribution >= 4 is 0 Å². The summed E-state index contributed by atoms with van der Waals surface area (Å²) in [5, 5.41) is 0. The zero-order valence-corrected chi connectivity index (χ0v) is 9.71. The van der Waals surface area contributed by atoms with Crippen molar-refractivity contribution in [3.05, 3.63) is 0 Å². The van der Waals surface area contributed by atoms with E-state index in [2.05, 4.69) is 32.7 Å². The Morgan fingerprint density at radius 1 is 1.15 bits per heavy atom. The van der Waals surface area contributed by atoms with Gasteiger partial charge in [-0.15, -0.1) is 0 Å². The molecule has 0 aliphatic heterocycles. The van der Waals surface area contributed by atoms with Crippen molar-refractivity contribution in [2.24, 2.45) is 11.7 Å². The summed E-state index contributed by atoms with van der Waals surface area (Å²) < 4.78 is 0. The van der Waals surface area contributed by atoms with Crippen molar-refractivity contribution in [3.8, 4) is 0 Å². The van der Waals surface area contributed by atoms with E-state index in [1.165, 1.54) is 19.4 Å². The third-order valence-corrected chi connectivity index (χ3v) is 2.64. The molecule has 1 atom stereocenters. The molecule has 0 rings (SSSR count). The first kappa shape index (κ1) is 12.9. The van der Waals surface area contributed by atoms with Crippen LogP contribution in [0.1, 0.15) is 40.0 Å². The summed E-state index contributed by atoms with van der Waals surface area (Å²) >= 11 is 0. The predicted molar refractivity (Wildman–Crippen MR) is 59.8 cm³/mol. The largest absolute Gasteiger partial charge is 0.330 e. The van der Waals surface area contributed by atoms with E-state index < -0.39 is 0 Å². The Labute approximate surface area is 83.5 Å². The zero-order chi connectivity index (χ0) is 10.3. The molecule has 0 aromatic heterocycles. The summed E-state index contributed by atoms with van der Waals surface area (Å²) in [6, 6.07) is 0.683. The van der Waals surface area contributed by atoms with Crippen LogP contribution in [0.5, 0.6) is 0 Å². The molecule has 2 heteroatoms. The molecule has 13 heavy (non-hydrogen) atoms. The van der Waals surface area contributed by atoms with Crippen LogP contribution in [0.4, 0.5) is 0 Å². The molecule has 2 nitrogen and oxygen atoms in total. The van der Waals surface area contributed by atoms with Crippen LogP contribution >= 0.6 is 0 Å². The lowest BCUT2D eigenvalue weighted by Gasteiger charge is -2.25. The molecule has 0 aromatic carbocycles. The first-order valence-corrected chi connectivity index (χ1v) is 5.48. The molecule has 1 unspecified atom stereocenters. The van der Waals surface area contributed by atoms with Crippen molar-refractivity contribution in [2.45, 2.75) is 46.1 Å². The lowest BCUT2D eigenvalue weighted by Crippen LogP contribution is -2.31. The van der Waals surface area contributed by atoms with Crippen molar-refractivity contribution in [1.82, 2.24) is 4.90 Å². The van der Waals surface area contributed by atoms with Crippen LogP contribution in [0.2, 0.25) is 0 Å². The van der Waals surface area contributed by atoms with Crippen LogP contribution in [0, 0.1) is 5.92 Å². The Bertz CT molecular complexity index is 113. The maximum Gasteiger partial charge on any atom is 0.00643 e.